The molecule has 2 atom stereocenters. The van der Waals surface area contributed by atoms with Gasteiger partial charge in [-0.3, -0.25) is 0 Å². The molecule has 2 N–H and O–H groups in total. The third kappa shape index (κ3) is 3.22. The highest BCUT2D eigenvalue weighted by Crippen LogP contribution is 2.22. The second-order valence-electron chi connectivity index (χ2n) is 6.00. The Morgan fingerprint density at radius 2 is 2.20 bits per heavy atom. The number of nitrogens with one attached hydrogen (secondary N) is 1. The highest BCUT2D eigenvalue weighted by molar-refractivity contribution is 5.71. The van der Waals surface area contributed by atoms with Crippen LogP contribution in [0.4, 0.5) is 5.95 Å². The lowest BCUT2D eigenvalue weighted by atomic mass is 10.2. The van der Waals surface area contributed by atoms with Crippen LogP contribution in [0.25, 0.3) is 16.9 Å². The van der Waals surface area contributed by atoms with Crippen LogP contribution in [0.3, 0.4) is 0 Å². The van der Waals surface area contributed by atoms with Crippen molar-refractivity contribution in [3.8, 4) is 11.6 Å². The minimum absolute atomic E-state index is 0.184. The van der Waals surface area contributed by atoms with E-state index in [0.717, 1.165) is 18.5 Å². The molecule has 0 saturated heterocycles. The van der Waals surface area contributed by atoms with E-state index in [1.165, 1.54) is 0 Å². The number of pyridine rings is 1. The van der Waals surface area contributed by atoms with E-state index in [0.29, 0.717) is 36.0 Å². The first-order valence-corrected chi connectivity index (χ1v) is 8.35. The topological polar surface area (TPSA) is 111 Å². The number of fused-ring (bicyclic) bond motifs is 1. The Morgan fingerprint density at radius 3 is 2.92 bits per heavy atom. The minimum Gasteiger partial charge on any atom is -0.478 e. The number of ether oxygens (including phenoxy) is 1. The average Bonchev–Trinajstić information content (AvgIpc) is 3.22. The smallest absolute Gasteiger partial charge is 0.225 e. The number of aliphatic hydroxyl groups excluding tert-OH is 1. The first-order valence-electron chi connectivity index (χ1n) is 8.35. The molecular weight excluding hydrogens is 322 g/mol. The minimum atomic E-state index is -0.247. The molecule has 2 unspecified atom stereocenters. The molecule has 3 heterocycles. The van der Waals surface area contributed by atoms with Crippen molar-refractivity contribution in [3.63, 3.8) is 0 Å². The predicted molar refractivity (Wildman–Crippen MR) is 90.7 cm³/mol. The zero-order valence-electron chi connectivity index (χ0n) is 13.8. The standard InChI is InChI=1S/C16H19N7O2/c1-2-25-14-6-4-11(8-17-14)23-15-13(21-22-23)9-18-16(20-15)19-10-3-5-12(24)7-10/h4,6,8-10,12,24H,2-3,5,7H2,1H3,(H,18,19,20). The Bertz CT molecular complexity index is 865. The second kappa shape index (κ2) is 6.60. The summed E-state index contributed by atoms with van der Waals surface area (Å²) >= 11 is 0. The summed E-state index contributed by atoms with van der Waals surface area (Å²) in [5, 5.41) is 21.2. The molecule has 0 aliphatic heterocycles. The van der Waals surface area contributed by atoms with E-state index in [4.69, 9.17) is 4.74 Å². The van der Waals surface area contributed by atoms with Gasteiger partial charge in [-0.1, -0.05) is 5.21 Å². The molecule has 1 aliphatic carbocycles. The first-order chi connectivity index (χ1) is 12.2. The van der Waals surface area contributed by atoms with Gasteiger partial charge < -0.3 is 15.2 Å². The quantitative estimate of drug-likeness (QED) is 0.715. The Kier molecular flexibility index (Phi) is 4.14. The summed E-state index contributed by atoms with van der Waals surface area (Å²) in [5.74, 6) is 1.07. The Balaban J connectivity index is 1.62. The molecule has 3 aromatic rings. The van der Waals surface area contributed by atoms with Crippen LogP contribution in [0.5, 0.6) is 5.88 Å². The number of nitrogens with zero attached hydrogens (tertiary/aromatic N) is 6. The van der Waals surface area contributed by atoms with Crippen molar-refractivity contribution in [2.45, 2.75) is 38.3 Å². The van der Waals surface area contributed by atoms with Crippen molar-refractivity contribution in [1.29, 1.82) is 0 Å². The third-order valence-electron chi connectivity index (χ3n) is 4.19. The maximum atomic E-state index is 9.65. The van der Waals surface area contributed by atoms with Gasteiger partial charge in [0, 0.05) is 12.1 Å². The van der Waals surface area contributed by atoms with Crippen molar-refractivity contribution in [1.82, 2.24) is 29.9 Å². The molecule has 3 aromatic heterocycles. The Hall–Kier alpha value is -2.81. The van der Waals surface area contributed by atoms with Crippen LogP contribution in [-0.2, 0) is 0 Å². The molecule has 0 spiro atoms. The highest BCUT2D eigenvalue weighted by atomic mass is 16.5. The highest BCUT2D eigenvalue weighted by Gasteiger charge is 2.23. The van der Waals surface area contributed by atoms with Crippen LogP contribution < -0.4 is 10.1 Å². The summed E-state index contributed by atoms with van der Waals surface area (Å²) in [6.07, 6.45) is 5.48. The first kappa shape index (κ1) is 15.7. The van der Waals surface area contributed by atoms with E-state index in [9.17, 15) is 5.11 Å². The summed E-state index contributed by atoms with van der Waals surface area (Å²) in [6.45, 7) is 2.48. The number of hydrogen-bond donors (Lipinski definition) is 2. The molecule has 9 heteroatoms. The summed E-state index contributed by atoms with van der Waals surface area (Å²) in [6, 6.07) is 3.82. The molecule has 0 amide bonds. The van der Waals surface area contributed by atoms with Crippen LogP contribution in [0, 0.1) is 0 Å². The number of aliphatic hydroxyl groups is 1. The number of anilines is 1. The fourth-order valence-electron chi connectivity index (χ4n) is 2.97. The number of rotatable bonds is 5. The lowest BCUT2D eigenvalue weighted by Crippen LogP contribution is -2.18. The third-order valence-corrected chi connectivity index (χ3v) is 4.19. The molecule has 0 radical (unpaired) electrons. The van der Waals surface area contributed by atoms with Gasteiger partial charge in [0.05, 0.1) is 30.8 Å². The number of hydrogen-bond acceptors (Lipinski definition) is 8. The SMILES string of the molecule is CCOc1ccc(-n2nnc3cnc(NC4CCC(O)C4)nc32)cn1. The van der Waals surface area contributed by atoms with Gasteiger partial charge in [0.25, 0.3) is 0 Å². The summed E-state index contributed by atoms with van der Waals surface area (Å²) in [7, 11) is 0. The van der Waals surface area contributed by atoms with E-state index < -0.39 is 0 Å². The van der Waals surface area contributed by atoms with E-state index in [1.54, 1.807) is 23.1 Å². The summed E-state index contributed by atoms with van der Waals surface area (Å²) in [4.78, 5) is 13.1. The lowest BCUT2D eigenvalue weighted by Gasteiger charge is -2.11. The molecule has 9 nitrogen and oxygen atoms in total. The molecule has 1 fully saturated rings. The van der Waals surface area contributed by atoms with Crippen LogP contribution in [0.1, 0.15) is 26.2 Å². The molecule has 1 saturated carbocycles. The molecule has 4 rings (SSSR count). The number of aromatic nitrogens is 6. The maximum Gasteiger partial charge on any atom is 0.225 e. The Morgan fingerprint density at radius 1 is 1.28 bits per heavy atom. The van der Waals surface area contributed by atoms with Gasteiger partial charge in [-0.15, -0.1) is 5.10 Å². The maximum absolute atomic E-state index is 9.65. The van der Waals surface area contributed by atoms with Crippen molar-refractivity contribution >= 4 is 17.1 Å². The van der Waals surface area contributed by atoms with Gasteiger partial charge in [-0.2, -0.15) is 9.67 Å². The van der Waals surface area contributed by atoms with E-state index in [-0.39, 0.29) is 12.1 Å². The van der Waals surface area contributed by atoms with Crippen molar-refractivity contribution in [2.24, 2.45) is 0 Å². The monoisotopic (exact) mass is 341 g/mol. The van der Waals surface area contributed by atoms with Gasteiger partial charge in [-0.25, -0.2) is 9.97 Å². The van der Waals surface area contributed by atoms with Gasteiger partial charge in [-0.05, 0) is 32.3 Å². The zero-order valence-corrected chi connectivity index (χ0v) is 13.8. The fourth-order valence-corrected chi connectivity index (χ4v) is 2.97. The van der Waals surface area contributed by atoms with Crippen molar-refractivity contribution in [2.75, 3.05) is 11.9 Å². The normalized spacial score (nSPS) is 20.1. The van der Waals surface area contributed by atoms with Gasteiger partial charge in [0.15, 0.2) is 11.2 Å². The molecule has 1 aliphatic rings. The van der Waals surface area contributed by atoms with Gasteiger partial charge >= 0.3 is 0 Å². The van der Waals surface area contributed by atoms with Crippen LogP contribution in [0.2, 0.25) is 0 Å². The van der Waals surface area contributed by atoms with Crippen LogP contribution in [-0.4, -0.2) is 53.8 Å². The summed E-state index contributed by atoms with van der Waals surface area (Å²) in [5.41, 5.74) is 1.94. The van der Waals surface area contributed by atoms with Gasteiger partial charge in [0.1, 0.15) is 0 Å². The summed E-state index contributed by atoms with van der Waals surface area (Å²) < 4.78 is 6.97. The second-order valence-corrected chi connectivity index (χ2v) is 6.00. The zero-order chi connectivity index (χ0) is 17.2. The van der Waals surface area contributed by atoms with Crippen LogP contribution >= 0.6 is 0 Å². The molecule has 0 aromatic carbocycles. The van der Waals surface area contributed by atoms with E-state index in [2.05, 4.69) is 30.6 Å². The molecule has 0 bridgehead atoms. The molecular formula is C16H19N7O2. The average molecular weight is 341 g/mol. The van der Waals surface area contributed by atoms with Crippen molar-refractivity contribution < 1.29 is 9.84 Å². The lowest BCUT2D eigenvalue weighted by molar-refractivity contribution is 0.182. The predicted octanol–water partition coefficient (Wildman–Crippen LogP) is 1.33. The Labute approximate surface area is 144 Å². The van der Waals surface area contributed by atoms with E-state index in [1.807, 2.05) is 13.0 Å². The largest absolute Gasteiger partial charge is 0.478 e. The van der Waals surface area contributed by atoms with Crippen LogP contribution in [0.15, 0.2) is 24.5 Å². The molecule has 25 heavy (non-hydrogen) atoms. The van der Waals surface area contributed by atoms with Gasteiger partial charge in [0.2, 0.25) is 11.8 Å². The van der Waals surface area contributed by atoms with Crippen molar-refractivity contribution in [3.05, 3.63) is 24.5 Å². The van der Waals surface area contributed by atoms with E-state index >= 15 is 0 Å². The fraction of sp³-hybridized carbons (Fsp3) is 0.438. The molecule has 130 valence electrons.